The van der Waals surface area contributed by atoms with Crippen LogP contribution in [0.4, 0.5) is 5.82 Å². The molecule has 13 nitrogen and oxygen atoms in total. The van der Waals surface area contributed by atoms with E-state index in [1.807, 2.05) is 6.07 Å². The summed E-state index contributed by atoms with van der Waals surface area (Å²) >= 11 is 5.95. The number of aromatic nitrogens is 3. The van der Waals surface area contributed by atoms with Crippen LogP contribution in [0.1, 0.15) is 33.4 Å². The van der Waals surface area contributed by atoms with Crippen LogP contribution in [0.2, 0.25) is 5.02 Å². The van der Waals surface area contributed by atoms with Gasteiger partial charge in [-0.3, -0.25) is 13.7 Å². The fourth-order valence-electron chi connectivity index (χ4n) is 4.60. The molecule has 41 heavy (non-hydrogen) atoms. The van der Waals surface area contributed by atoms with E-state index in [9.17, 15) is 24.8 Å². The number of carbonyl (C=O) groups is 1. The number of nitrogens with two attached hydrogens (primary N) is 1. The van der Waals surface area contributed by atoms with E-state index < -0.39 is 55.6 Å². The number of nitrogens with zero attached hydrogens (tertiary/aromatic N) is 4. The van der Waals surface area contributed by atoms with E-state index in [0.717, 1.165) is 0 Å². The number of ether oxygens (including phenoxy) is 2. The molecule has 0 radical (unpaired) electrons. The number of hydrogen-bond acceptors (Lipinski definition) is 12. The molecule has 1 aromatic carbocycles. The summed E-state index contributed by atoms with van der Waals surface area (Å²) in [6.45, 7) is 5.57. The molecule has 1 saturated heterocycles. The van der Waals surface area contributed by atoms with Gasteiger partial charge in [-0.1, -0.05) is 18.5 Å². The number of esters is 1. The Kier molecular flexibility index (Phi) is 8.66. The lowest BCUT2D eigenvalue weighted by molar-refractivity contribution is -0.151. The predicted molar refractivity (Wildman–Crippen MR) is 147 cm³/mol. The predicted octanol–water partition coefficient (Wildman–Crippen LogP) is 3.07. The first kappa shape index (κ1) is 30.7. The lowest BCUT2D eigenvalue weighted by Crippen LogP contribution is -2.52. The molecule has 0 bridgehead atoms. The van der Waals surface area contributed by atoms with Crippen LogP contribution in [0.3, 0.4) is 0 Å². The van der Waals surface area contributed by atoms with Crippen molar-refractivity contribution in [2.75, 3.05) is 18.5 Å². The topological polar surface area (TPSA) is 192 Å². The molecule has 0 amide bonds. The van der Waals surface area contributed by atoms with Gasteiger partial charge in [-0.15, -0.1) is 10.2 Å². The molecular weight excluding hydrogens is 577 g/mol. The van der Waals surface area contributed by atoms with Crippen molar-refractivity contribution in [3.8, 4) is 11.8 Å². The van der Waals surface area contributed by atoms with Gasteiger partial charge in [-0.25, -0.2) is 4.57 Å². The van der Waals surface area contributed by atoms with Crippen molar-refractivity contribution in [2.45, 2.75) is 57.2 Å². The molecule has 0 aliphatic carbocycles. The zero-order chi connectivity index (χ0) is 30.2. The van der Waals surface area contributed by atoms with Crippen LogP contribution in [-0.4, -0.2) is 67.5 Å². The molecule has 220 valence electrons. The molecule has 4 N–H and O–H groups in total. The summed E-state index contributed by atoms with van der Waals surface area (Å²) in [6.07, 6.45) is -2.49. The van der Waals surface area contributed by atoms with Crippen LogP contribution >= 0.6 is 19.2 Å². The Morgan fingerprint density at radius 3 is 2.61 bits per heavy atom. The summed E-state index contributed by atoms with van der Waals surface area (Å²) in [5.41, 5.74) is 2.15. The number of halogens is 1. The largest absolute Gasteiger partial charge is 0.463 e. The van der Waals surface area contributed by atoms with Gasteiger partial charge < -0.3 is 29.9 Å². The summed E-state index contributed by atoms with van der Waals surface area (Å²) in [4.78, 5) is 12.5. The van der Waals surface area contributed by atoms with Gasteiger partial charge in [0.2, 0.25) is 5.60 Å². The number of benzene rings is 1. The van der Waals surface area contributed by atoms with Gasteiger partial charge in [0.05, 0.1) is 36.0 Å². The summed E-state index contributed by atoms with van der Waals surface area (Å²) in [6, 6.07) is 11.1. The number of nitrogen functional groups attached to an aromatic ring is 1. The highest BCUT2D eigenvalue weighted by atomic mass is 35.5. The van der Waals surface area contributed by atoms with Crippen LogP contribution in [-0.2, 0) is 29.0 Å². The van der Waals surface area contributed by atoms with E-state index in [2.05, 4.69) is 10.2 Å². The molecule has 0 saturated carbocycles. The maximum Gasteiger partial charge on any atom is 0.380 e. The minimum Gasteiger partial charge on any atom is -0.463 e. The normalized spacial score (nSPS) is 26.4. The van der Waals surface area contributed by atoms with Crippen LogP contribution in [0.15, 0.2) is 42.7 Å². The molecule has 1 aliphatic heterocycles. The molecule has 3 aromatic rings. The standard InChI is InChI=1S/C26H31ClN5O8P/c1-15(2)38-24(34)16(3)12-41(36,40-18-7-5-17(27)6-8-18)37-11-20-22(33)25(4,35)26(13-28,39-20)21-10-9-19-23(29)31-30-14-32(19)21/h5-10,14-16,20,22,33,35H,11-12H2,1-4H3,(H2,29,31)/t16-,20-,22-,25-,26+,41?/m1/s1. The van der Waals surface area contributed by atoms with Crippen molar-refractivity contribution >= 4 is 36.5 Å². The maximum absolute atomic E-state index is 14.0. The van der Waals surface area contributed by atoms with E-state index >= 15 is 0 Å². The van der Waals surface area contributed by atoms with Crippen molar-refractivity contribution in [2.24, 2.45) is 5.92 Å². The van der Waals surface area contributed by atoms with Gasteiger partial charge in [0.15, 0.2) is 5.82 Å². The Hall–Kier alpha value is -3.24. The highest BCUT2D eigenvalue weighted by molar-refractivity contribution is 7.54. The summed E-state index contributed by atoms with van der Waals surface area (Å²) in [7, 11) is -4.13. The molecule has 3 heterocycles. The number of fused-ring (bicyclic) bond motifs is 1. The van der Waals surface area contributed by atoms with Crippen molar-refractivity contribution in [3.63, 3.8) is 0 Å². The average Bonchev–Trinajstić information content (AvgIpc) is 3.42. The maximum atomic E-state index is 14.0. The van der Waals surface area contributed by atoms with Crippen molar-refractivity contribution < 1.29 is 38.1 Å². The van der Waals surface area contributed by atoms with Crippen LogP contribution in [0, 0.1) is 17.2 Å². The van der Waals surface area contributed by atoms with Crippen molar-refractivity contribution in [1.82, 2.24) is 14.6 Å². The van der Waals surface area contributed by atoms with Crippen LogP contribution in [0.25, 0.3) is 5.52 Å². The highest BCUT2D eigenvalue weighted by Gasteiger charge is 2.65. The summed E-state index contributed by atoms with van der Waals surface area (Å²) in [5, 5.41) is 40.8. The molecule has 0 spiro atoms. The minimum absolute atomic E-state index is 0.0790. The van der Waals surface area contributed by atoms with E-state index in [1.165, 1.54) is 54.9 Å². The van der Waals surface area contributed by atoms with E-state index in [4.69, 9.17) is 35.9 Å². The van der Waals surface area contributed by atoms with E-state index in [-0.39, 0.29) is 23.4 Å². The van der Waals surface area contributed by atoms with E-state index in [1.54, 1.807) is 19.9 Å². The fourth-order valence-corrected chi connectivity index (χ4v) is 6.60. The van der Waals surface area contributed by atoms with Crippen molar-refractivity contribution in [1.29, 1.82) is 5.26 Å². The van der Waals surface area contributed by atoms with Gasteiger partial charge in [0.1, 0.15) is 36.0 Å². The number of aliphatic hydroxyl groups excluding tert-OH is 1. The highest BCUT2D eigenvalue weighted by Crippen LogP contribution is 2.53. The monoisotopic (exact) mass is 607 g/mol. The number of anilines is 1. The molecule has 6 atom stereocenters. The number of nitriles is 1. The summed E-state index contributed by atoms with van der Waals surface area (Å²) in [5.74, 6) is -1.25. The minimum atomic E-state index is -4.13. The second-order valence-electron chi connectivity index (χ2n) is 10.3. The molecule has 2 aromatic heterocycles. The molecule has 1 unspecified atom stereocenters. The van der Waals surface area contributed by atoms with E-state index in [0.29, 0.717) is 10.5 Å². The zero-order valence-corrected chi connectivity index (χ0v) is 24.5. The van der Waals surface area contributed by atoms with Gasteiger partial charge in [-0.05, 0) is 57.2 Å². The van der Waals surface area contributed by atoms with Gasteiger partial charge >= 0.3 is 13.6 Å². The zero-order valence-electron chi connectivity index (χ0n) is 22.8. The quantitative estimate of drug-likeness (QED) is 0.226. The number of carbonyl (C=O) groups excluding carboxylic acids is 1. The Morgan fingerprint density at radius 2 is 1.98 bits per heavy atom. The number of hydrogen-bond donors (Lipinski definition) is 3. The lowest BCUT2D eigenvalue weighted by atomic mass is 9.80. The lowest BCUT2D eigenvalue weighted by Gasteiger charge is -2.33. The number of rotatable bonds is 10. The first-order valence-corrected chi connectivity index (χ1v) is 14.8. The van der Waals surface area contributed by atoms with Crippen LogP contribution in [0.5, 0.6) is 5.75 Å². The molecule has 4 rings (SSSR count). The molecule has 1 aliphatic rings. The van der Waals surface area contributed by atoms with Crippen molar-refractivity contribution in [3.05, 3.63) is 53.4 Å². The van der Waals surface area contributed by atoms with Crippen LogP contribution < -0.4 is 10.3 Å². The fraction of sp³-hybridized carbons (Fsp3) is 0.462. The van der Waals surface area contributed by atoms with Gasteiger partial charge in [0.25, 0.3) is 0 Å². The third-order valence-electron chi connectivity index (χ3n) is 6.75. The second kappa shape index (κ2) is 11.6. The molecule has 15 heteroatoms. The van der Waals surface area contributed by atoms with Gasteiger partial charge in [0, 0.05) is 5.02 Å². The molecular formula is C26H31ClN5O8P. The Morgan fingerprint density at radius 1 is 1.29 bits per heavy atom. The second-order valence-corrected chi connectivity index (χ2v) is 12.7. The third-order valence-corrected chi connectivity index (χ3v) is 9.02. The first-order valence-electron chi connectivity index (χ1n) is 12.7. The average molecular weight is 608 g/mol. The first-order chi connectivity index (χ1) is 19.2. The molecule has 1 fully saturated rings. The Bertz CT molecular complexity index is 1510. The Labute approximate surface area is 241 Å². The smallest absolute Gasteiger partial charge is 0.380 e. The SMILES string of the molecule is CC(C)OC(=O)[C@H](C)CP(=O)(OC[C@H]1O[C@@](C#N)(c2ccc3c(N)nncn23)[C@](C)(O)[C@@H]1O)Oc1ccc(Cl)cc1. The Balaban J connectivity index is 1.62. The number of aliphatic hydroxyl groups is 2. The third kappa shape index (κ3) is 5.90. The van der Waals surface area contributed by atoms with Gasteiger partial charge in [-0.2, -0.15) is 5.26 Å². The summed E-state index contributed by atoms with van der Waals surface area (Å²) < 4.78 is 38.1.